The van der Waals surface area contributed by atoms with Gasteiger partial charge >= 0.3 is 6.18 Å². The maximum Gasteiger partial charge on any atom is 0.416 e. The number of nitrogens with two attached hydrogens (primary N) is 1. The molecule has 1 aromatic rings. The molecule has 3 N–H and O–H groups in total. The van der Waals surface area contributed by atoms with Crippen molar-refractivity contribution in [2.45, 2.75) is 19.0 Å². The van der Waals surface area contributed by atoms with Crippen molar-refractivity contribution in [1.29, 1.82) is 0 Å². The molecule has 0 radical (unpaired) electrons. The Morgan fingerprint density at radius 1 is 1.30 bits per heavy atom. The quantitative estimate of drug-likeness (QED) is 0.500. The van der Waals surface area contributed by atoms with Crippen molar-refractivity contribution in [3.05, 3.63) is 29.8 Å². The average Bonchev–Trinajstić information content (AvgIpc) is 3.00. The first-order valence-electron chi connectivity index (χ1n) is 6.89. The highest BCUT2D eigenvalue weighted by atomic mass is 32.1. The lowest BCUT2D eigenvalue weighted by molar-refractivity contribution is -0.137. The second kappa shape index (κ2) is 6.95. The van der Waals surface area contributed by atoms with Crippen LogP contribution in [0, 0.1) is 0 Å². The van der Waals surface area contributed by atoms with Crippen LogP contribution >= 0.6 is 12.2 Å². The second-order valence-corrected chi connectivity index (χ2v) is 5.45. The SMILES string of the molecule is NC(=S)/C(=N\Nc1cccc(C(F)(F)F)c1)C(=O)N1CCCC1. The number of likely N-dealkylation sites (tertiary alicyclic amines) is 1. The summed E-state index contributed by atoms with van der Waals surface area (Å²) in [6.07, 6.45) is -2.69. The molecule has 23 heavy (non-hydrogen) atoms. The van der Waals surface area contributed by atoms with Crippen molar-refractivity contribution in [2.75, 3.05) is 18.5 Å². The van der Waals surface area contributed by atoms with Crippen molar-refractivity contribution >= 4 is 34.5 Å². The summed E-state index contributed by atoms with van der Waals surface area (Å²) >= 11 is 4.81. The number of rotatable bonds is 4. The van der Waals surface area contributed by atoms with Gasteiger partial charge in [-0.3, -0.25) is 10.2 Å². The summed E-state index contributed by atoms with van der Waals surface area (Å²) in [6.45, 7) is 1.17. The number of carbonyl (C=O) groups excluding carboxylic acids is 1. The van der Waals surface area contributed by atoms with Crippen molar-refractivity contribution < 1.29 is 18.0 Å². The van der Waals surface area contributed by atoms with E-state index in [0.29, 0.717) is 13.1 Å². The molecule has 0 saturated carbocycles. The summed E-state index contributed by atoms with van der Waals surface area (Å²) in [5.41, 5.74) is 7.02. The van der Waals surface area contributed by atoms with Crippen molar-refractivity contribution in [1.82, 2.24) is 4.90 Å². The van der Waals surface area contributed by atoms with Crippen molar-refractivity contribution in [2.24, 2.45) is 10.8 Å². The molecule has 9 heteroatoms. The van der Waals surface area contributed by atoms with E-state index in [1.807, 2.05) is 0 Å². The van der Waals surface area contributed by atoms with E-state index in [9.17, 15) is 18.0 Å². The highest BCUT2D eigenvalue weighted by molar-refractivity contribution is 7.82. The number of hydrazone groups is 1. The number of hydrogen-bond donors (Lipinski definition) is 2. The number of nitrogens with one attached hydrogen (secondary N) is 1. The fourth-order valence-electron chi connectivity index (χ4n) is 2.16. The first-order valence-corrected chi connectivity index (χ1v) is 7.30. The third kappa shape index (κ3) is 4.41. The number of hydrogen-bond acceptors (Lipinski definition) is 4. The minimum Gasteiger partial charge on any atom is -0.388 e. The highest BCUT2D eigenvalue weighted by Crippen LogP contribution is 2.30. The van der Waals surface area contributed by atoms with Crippen molar-refractivity contribution in [3.8, 4) is 0 Å². The molecule has 0 spiro atoms. The van der Waals surface area contributed by atoms with Gasteiger partial charge in [0.15, 0.2) is 5.71 Å². The second-order valence-electron chi connectivity index (χ2n) is 5.01. The lowest BCUT2D eigenvalue weighted by Crippen LogP contribution is -2.40. The zero-order valence-corrected chi connectivity index (χ0v) is 12.9. The molecule has 1 amide bonds. The number of nitrogens with zero attached hydrogens (tertiary/aromatic N) is 2. The lowest BCUT2D eigenvalue weighted by Gasteiger charge is -2.16. The van der Waals surface area contributed by atoms with Crippen LogP contribution in [0.2, 0.25) is 0 Å². The molecule has 124 valence electrons. The maximum absolute atomic E-state index is 12.7. The Morgan fingerprint density at radius 3 is 2.52 bits per heavy atom. The molecule has 1 aromatic carbocycles. The molecular weight excluding hydrogens is 329 g/mol. The number of benzene rings is 1. The van der Waals surface area contributed by atoms with E-state index < -0.39 is 17.6 Å². The van der Waals surface area contributed by atoms with Crippen molar-refractivity contribution in [3.63, 3.8) is 0 Å². The first-order chi connectivity index (χ1) is 10.8. The van der Waals surface area contributed by atoms with Crippen LogP contribution in [0.3, 0.4) is 0 Å². The van der Waals surface area contributed by atoms with Gasteiger partial charge in [0.25, 0.3) is 5.91 Å². The minimum absolute atomic E-state index is 0.0859. The first kappa shape index (κ1) is 17.2. The van der Waals surface area contributed by atoms with Gasteiger partial charge in [-0.2, -0.15) is 18.3 Å². The molecule has 2 rings (SSSR count). The van der Waals surface area contributed by atoms with E-state index in [0.717, 1.165) is 25.0 Å². The molecule has 1 aliphatic heterocycles. The Bertz CT molecular complexity index is 639. The van der Waals surface area contributed by atoms with Gasteiger partial charge in [-0.1, -0.05) is 18.3 Å². The summed E-state index contributed by atoms with van der Waals surface area (Å²) in [5, 5.41) is 3.80. The van der Waals surface area contributed by atoms with Crippen LogP contribution in [0.1, 0.15) is 18.4 Å². The molecule has 0 aliphatic carbocycles. The van der Waals surface area contributed by atoms with Gasteiger partial charge in [0.2, 0.25) is 0 Å². The fraction of sp³-hybridized carbons (Fsp3) is 0.357. The van der Waals surface area contributed by atoms with E-state index in [1.165, 1.54) is 12.1 Å². The molecule has 1 heterocycles. The molecule has 0 aromatic heterocycles. The van der Waals surface area contributed by atoms with Gasteiger partial charge in [0, 0.05) is 13.1 Å². The van der Waals surface area contributed by atoms with E-state index >= 15 is 0 Å². The molecule has 0 unspecified atom stereocenters. The normalized spacial score (nSPS) is 15.6. The third-order valence-electron chi connectivity index (χ3n) is 3.32. The minimum atomic E-state index is -4.46. The van der Waals surface area contributed by atoms with E-state index in [2.05, 4.69) is 10.5 Å². The van der Waals surface area contributed by atoms with Crippen LogP contribution in [0.25, 0.3) is 0 Å². The van der Waals surface area contributed by atoms with Crippen LogP contribution < -0.4 is 11.2 Å². The summed E-state index contributed by atoms with van der Waals surface area (Å²) in [7, 11) is 0. The zero-order chi connectivity index (χ0) is 17.0. The molecule has 0 atom stereocenters. The Hall–Kier alpha value is -2.16. The number of carbonyl (C=O) groups is 1. The fourth-order valence-corrected chi connectivity index (χ4v) is 2.30. The smallest absolute Gasteiger partial charge is 0.388 e. The topological polar surface area (TPSA) is 70.7 Å². The Morgan fingerprint density at radius 2 is 1.96 bits per heavy atom. The summed E-state index contributed by atoms with van der Waals surface area (Å²) in [4.78, 5) is 13.6. The number of amides is 1. The molecular formula is C14H15F3N4OS. The van der Waals surface area contributed by atoms with Gasteiger partial charge < -0.3 is 10.6 Å². The maximum atomic E-state index is 12.7. The zero-order valence-electron chi connectivity index (χ0n) is 12.1. The van der Waals surface area contributed by atoms with E-state index in [4.69, 9.17) is 18.0 Å². The molecule has 5 nitrogen and oxygen atoms in total. The van der Waals surface area contributed by atoms with Crippen LogP contribution in [-0.4, -0.2) is 34.6 Å². The average molecular weight is 344 g/mol. The van der Waals surface area contributed by atoms with E-state index in [1.54, 1.807) is 4.90 Å². The summed E-state index contributed by atoms with van der Waals surface area (Å²) < 4.78 is 38.0. The Kier molecular flexibility index (Phi) is 5.19. The number of alkyl halides is 3. The molecule has 0 bridgehead atoms. The standard InChI is InChI=1S/C14H15F3N4OS/c15-14(16,17)9-4-3-5-10(8-9)19-20-11(12(18)23)13(22)21-6-1-2-7-21/h3-5,8,19H,1-2,6-7H2,(H2,18,23)/b20-11+. The monoisotopic (exact) mass is 344 g/mol. The Balaban J connectivity index is 2.18. The highest BCUT2D eigenvalue weighted by Gasteiger charge is 2.30. The van der Waals surface area contributed by atoms with Crippen LogP contribution in [0.4, 0.5) is 18.9 Å². The predicted octanol–water partition coefficient (Wildman–Crippen LogP) is 2.38. The number of halogens is 3. The van der Waals surface area contributed by atoms with Gasteiger partial charge in [0.05, 0.1) is 11.3 Å². The van der Waals surface area contributed by atoms with Gasteiger partial charge in [-0.15, -0.1) is 0 Å². The van der Waals surface area contributed by atoms with Gasteiger partial charge in [-0.05, 0) is 31.0 Å². The van der Waals surface area contributed by atoms with E-state index in [-0.39, 0.29) is 16.4 Å². The number of anilines is 1. The lowest BCUT2D eigenvalue weighted by atomic mass is 10.2. The molecule has 1 saturated heterocycles. The Labute approximate surface area is 136 Å². The van der Waals surface area contributed by atoms with Crippen LogP contribution in [-0.2, 0) is 11.0 Å². The largest absolute Gasteiger partial charge is 0.416 e. The molecule has 1 fully saturated rings. The summed E-state index contributed by atoms with van der Waals surface area (Å²) in [5.74, 6) is -0.422. The molecule has 1 aliphatic rings. The van der Waals surface area contributed by atoms with Crippen LogP contribution in [0.15, 0.2) is 29.4 Å². The van der Waals surface area contributed by atoms with Gasteiger partial charge in [0.1, 0.15) is 4.99 Å². The number of thiocarbonyl (C=S) groups is 1. The van der Waals surface area contributed by atoms with Crippen LogP contribution in [0.5, 0.6) is 0 Å². The predicted molar refractivity (Wildman–Crippen MR) is 85.1 cm³/mol. The summed E-state index contributed by atoms with van der Waals surface area (Å²) in [6, 6.07) is 4.47. The third-order valence-corrected chi connectivity index (χ3v) is 3.51. The van der Waals surface area contributed by atoms with Gasteiger partial charge in [-0.25, -0.2) is 0 Å².